The molecular formula is C25H31ClF3N5OS. The number of nitrogens with zero attached hydrogens (tertiary/aromatic N) is 4. The lowest BCUT2D eigenvalue weighted by Gasteiger charge is -2.35. The van der Waals surface area contributed by atoms with Crippen molar-refractivity contribution >= 4 is 40.8 Å². The van der Waals surface area contributed by atoms with Gasteiger partial charge in [-0.25, -0.2) is 4.98 Å². The largest absolute Gasteiger partial charge is 0.446 e. The number of amides is 1. The van der Waals surface area contributed by atoms with Gasteiger partial charge < -0.3 is 15.1 Å². The van der Waals surface area contributed by atoms with Gasteiger partial charge in [-0.15, -0.1) is 0 Å². The highest BCUT2D eigenvalue weighted by Gasteiger charge is 2.29. The lowest BCUT2D eigenvalue weighted by atomic mass is 10.0. The normalized spacial score (nSPS) is 17.9. The fourth-order valence-electron chi connectivity index (χ4n) is 4.63. The molecule has 1 N–H and O–H groups in total. The molecule has 4 rings (SSSR count). The van der Waals surface area contributed by atoms with Crippen molar-refractivity contribution in [3.63, 3.8) is 0 Å². The van der Waals surface area contributed by atoms with E-state index in [0.717, 1.165) is 63.5 Å². The Bertz CT molecular complexity index is 977. The van der Waals surface area contributed by atoms with Crippen molar-refractivity contribution in [3.05, 3.63) is 47.6 Å². The maximum Gasteiger partial charge on any atom is 0.446 e. The smallest absolute Gasteiger partial charge is 0.382 e. The maximum atomic E-state index is 12.7. The minimum absolute atomic E-state index is 0.110. The van der Waals surface area contributed by atoms with Gasteiger partial charge >= 0.3 is 5.51 Å². The van der Waals surface area contributed by atoms with Crippen molar-refractivity contribution in [2.75, 3.05) is 56.0 Å². The molecule has 0 radical (unpaired) electrons. The van der Waals surface area contributed by atoms with Gasteiger partial charge in [-0.3, -0.25) is 9.69 Å². The van der Waals surface area contributed by atoms with Gasteiger partial charge in [0.05, 0.1) is 5.02 Å². The van der Waals surface area contributed by atoms with Crippen molar-refractivity contribution < 1.29 is 18.0 Å². The van der Waals surface area contributed by atoms with Crippen LogP contribution >= 0.6 is 23.4 Å². The van der Waals surface area contributed by atoms with Crippen LogP contribution in [0.15, 0.2) is 47.5 Å². The maximum absolute atomic E-state index is 12.7. The van der Waals surface area contributed by atoms with Gasteiger partial charge in [0, 0.05) is 68.5 Å². The Kier molecular flexibility index (Phi) is 9.25. The first-order valence-electron chi connectivity index (χ1n) is 12.2. The molecule has 2 saturated heterocycles. The number of halogens is 4. The van der Waals surface area contributed by atoms with Gasteiger partial charge in [0.1, 0.15) is 5.82 Å². The predicted octanol–water partition coefficient (Wildman–Crippen LogP) is 5.35. The van der Waals surface area contributed by atoms with Crippen molar-refractivity contribution in [3.8, 4) is 0 Å². The first kappa shape index (κ1) is 26.9. The third-order valence-electron chi connectivity index (χ3n) is 6.58. The lowest BCUT2D eigenvalue weighted by Crippen LogP contribution is -2.47. The Hall–Kier alpha value is -2.17. The average molecular weight is 542 g/mol. The topological polar surface area (TPSA) is 51.7 Å². The summed E-state index contributed by atoms with van der Waals surface area (Å²) in [5, 5.41) is 4.02. The summed E-state index contributed by atoms with van der Waals surface area (Å²) in [4.78, 5) is 23.8. The van der Waals surface area contributed by atoms with Gasteiger partial charge in [-0.1, -0.05) is 11.6 Å². The summed E-state index contributed by atoms with van der Waals surface area (Å²) in [6, 6.07) is 10.3. The molecule has 2 aromatic rings. The Morgan fingerprint density at radius 2 is 1.72 bits per heavy atom. The minimum Gasteiger partial charge on any atom is -0.382 e. The number of carbonyl (C=O) groups excluding carboxylic acids is 1. The Balaban J connectivity index is 1.11. The number of thioether (sulfide) groups is 1. The van der Waals surface area contributed by atoms with Crippen molar-refractivity contribution in [2.24, 2.45) is 0 Å². The standard InChI is InChI=1S/C25H31ClF3N5OS/c26-19-3-8-23(30-18-19)33-16-14-32(15-17-33)11-1-2-24(35)34-12-9-21(10-13-34)31-20-4-6-22(7-5-20)36-25(27,28)29/h3-8,18,21,31H,1-2,9-17H2. The number of aromatic nitrogens is 1. The summed E-state index contributed by atoms with van der Waals surface area (Å²) < 4.78 is 37.4. The molecule has 2 aliphatic rings. The van der Waals surface area contributed by atoms with Crippen LogP contribution in [0, 0.1) is 0 Å². The van der Waals surface area contributed by atoms with E-state index in [9.17, 15) is 18.0 Å². The number of hydrogen-bond donors (Lipinski definition) is 1. The number of carbonyl (C=O) groups is 1. The molecule has 0 bridgehead atoms. The average Bonchev–Trinajstić information content (AvgIpc) is 2.86. The molecule has 2 fully saturated rings. The first-order chi connectivity index (χ1) is 17.2. The second kappa shape index (κ2) is 12.4. The highest BCUT2D eigenvalue weighted by Crippen LogP contribution is 2.37. The molecule has 3 heterocycles. The monoisotopic (exact) mass is 541 g/mol. The highest BCUT2D eigenvalue weighted by molar-refractivity contribution is 8.00. The van der Waals surface area contributed by atoms with E-state index < -0.39 is 5.51 Å². The number of rotatable bonds is 8. The zero-order valence-electron chi connectivity index (χ0n) is 20.0. The van der Waals surface area contributed by atoms with Crippen LogP contribution in [0.2, 0.25) is 5.02 Å². The van der Waals surface area contributed by atoms with Gasteiger partial charge in [0.25, 0.3) is 0 Å². The highest BCUT2D eigenvalue weighted by atomic mass is 35.5. The molecule has 1 aromatic heterocycles. The first-order valence-corrected chi connectivity index (χ1v) is 13.4. The number of hydrogen-bond acceptors (Lipinski definition) is 6. The summed E-state index contributed by atoms with van der Waals surface area (Å²) >= 11 is 5.81. The van der Waals surface area contributed by atoms with Gasteiger partial charge in [0.15, 0.2) is 0 Å². The zero-order valence-corrected chi connectivity index (χ0v) is 21.6. The SMILES string of the molecule is O=C(CCCN1CCN(c2ccc(Cl)cn2)CC1)N1CCC(Nc2ccc(SC(F)(F)F)cc2)CC1. The fraction of sp³-hybridized carbons (Fsp3) is 0.520. The molecule has 196 valence electrons. The Labute approximate surface area is 219 Å². The third kappa shape index (κ3) is 8.18. The summed E-state index contributed by atoms with van der Waals surface area (Å²) in [5.74, 6) is 1.15. The van der Waals surface area contributed by atoms with E-state index in [2.05, 4.69) is 20.1 Å². The molecule has 1 amide bonds. The number of piperidine rings is 1. The van der Waals surface area contributed by atoms with Gasteiger partial charge in [0.2, 0.25) is 5.91 Å². The number of likely N-dealkylation sites (tertiary alicyclic amines) is 1. The summed E-state index contributed by atoms with van der Waals surface area (Å²) in [6.45, 7) is 6.03. The van der Waals surface area contributed by atoms with Crippen LogP contribution < -0.4 is 10.2 Å². The Morgan fingerprint density at radius 3 is 2.33 bits per heavy atom. The molecule has 36 heavy (non-hydrogen) atoms. The molecule has 0 atom stereocenters. The second-order valence-corrected chi connectivity index (χ2v) is 10.7. The van der Waals surface area contributed by atoms with Crippen molar-refractivity contribution in [2.45, 2.75) is 42.1 Å². The van der Waals surface area contributed by atoms with Crippen molar-refractivity contribution in [1.29, 1.82) is 0 Å². The van der Waals surface area contributed by atoms with Gasteiger partial charge in [-0.05, 0) is 74.0 Å². The van der Waals surface area contributed by atoms with E-state index in [4.69, 9.17) is 11.6 Å². The molecule has 0 spiro atoms. The molecular weight excluding hydrogens is 511 g/mol. The molecule has 0 unspecified atom stereocenters. The summed E-state index contributed by atoms with van der Waals surface area (Å²) in [6.07, 6.45) is 4.72. The van der Waals surface area contributed by atoms with Gasteiger partial charge in [-0.2, -0.15) is 13.2 Å². The quantitative estimate of drug-likeness (QED) is 0.455. The molecule has 11 heteroatoms. The number of pyridine rings is 1. The van der Waals surface area contributed by atoms with Crippen LogP contribution in [-0.4, -0.2) is 78.1 Å². The van der Waals surface area contributed by atoms with E-state index in [1.165, 1.54) is 12.1 Å². The van der Waals surface area contributed by atoms with E-state index in [1.807, 2.05) is 17.0 Å². The number of benzene rings is 1. The zero-order chi connectivity index (χ0) is 25.5. The van der Waals surface area contributed by atoms with Crippen LogP contribution in [-0.2, 0) is 4.79 Å². The molecule has 0 saturated carbocycles. The van der Waals surface area contributed by atoms with Crippen LogP contribution in [0.25, 0.3) is 0 Å². The van der Waals surface area contributed by atoms with E-state index in [0.29, 0.717) is 24.5 Å². The summed E-state index contributed by atoms with van der Waals surface area (Å²) in [7, 11) is 0. The predicted molar refractivity (Wildman–Crippen MR) is 139 cm³/mol. The van der Waals surface area contributed by atoms with Crippen LogP contribution in [0.5, 0.6) is 0 Å². The minimum atomic E-state index is -4.28. The van der Waals surface area contributed by atoms with E-state index in [1.54, 1.807) is 18.3 Å². The second-order valence-electron chi connectivity index (χ2n) is 9.14. The fourth-order valence-corrected chi connectivity index (χ4v) is 5.28. The number of nitrogens with one attached hydrogen (secondary N) is 1. The van der Waals surface area contributed by atoms with Crippen LogP contribution in [0.4, 0.5) is 24.7 Å². The molecule has 6 nitrogen and oxygen atoms in total. The molecule has 0 aliphatic carbocycles. The third-order valence-corrected chi connectivity index (χ3v) is 7.54. The Morgan fingerprint density at radius 1 is 1.03 bits per heavy atom. The summed E-state index contributed by atoms with van der Waals surface area (Å²) in [5.41, 5.74) is -3.47. The molecule has 1 aromatic carbocycles. The lowest BCUT2D eigenvalue weighted by molar-refractivity contribution is -0.132. The van der Waals surface area contributed by atoms with E-state index >= 15 is 0 Å². The van der Waals surface area contributed by atoms with Crippen LogP contribution in [0.1, 0.15) is 25.7 Å². The van der Waals surface area contributed by atoms with Crippen LogP contribution in [0.3, 0.4) is 0 Å². The number of alkyl halides is 3. The number of piperazine rings is 1. The van der Waals surface area contributed by atoms with Crippen molar-refractivity contribution in [1.82, 2.24) is 14.8 Å². The molecule has 2 aliphatic heterocycles. The van der Waals surface area contributed by atoms with E-state index in [-0.39, 0.29) is 28.6 Å². The number of anilines is 2.